The highest BCUT2D eigenvalue weighted by Gasteiger charge is 2.13. The Balaban J connectivity index is 3.57. The highest BCUT2D eigenvalue weighted by Crippen LogP contribution is 2.03. The van der Waals surface area contributed by atoms with E-state index in [0.29, 0.717) is 0 Å². The first-order chi connectivity index (χ1) is 5.07. The van der Waals surface area contributed by atoms with E-state index in [1.807, 2.05) is 0 Å². The van der Waals surface area contributed by atoms with Crippen LogP contribution in [0.4, 0.5) is 0 Å². The standard InChI is InChI=1S/C8H15O3/c1-4-11-8(10)5-7(9)6(2)3/h4,6,8,10H,5H2,1-3H3. The van der Waals surface area contributed by atoms with Gasteiger partial charge in [-0.1, -0.05) is 13.8 Å². The Morgan fingerprint density at radius 3 is 2.55 bits per heavy atom. The van der Waals surface area contributed by atoms with Crippen molar-refractivity contribution in [2.45, 2.75) is 33.5 Å². The summed E-state index contributed by atoms with van der Waals surface area (Å²) in [4.78, 5) is 11.0. The maximum absolute atomic E-state index is 11.0. The van der Waals surface area contributed by atoms with Crippen molar-refractivity contribution < 1.29 is 14.6 Å². The van der Waals surface area contributed by atoms with Gasteiger partial charge in [-0.15, -0.1) is 0 Å². The van der Waals surface area contributed by atoms with E-state index in [1.54, 1.807) is 20.8 Å². The molecule has 0 saturated heterocycles. The molecule has 0 heterocycles. The minimum Gasteiger partial charge on any atom is -0.368 e. The SMILES string of the molecule is C[CH]OC(O)CC(=O)C(C)C. The van der Waals surface area contributed by atoms with Gasteiger partial charge in [0.05, 0.1) is 13.0 Å². The molecule has 3 heteroatoms. The van der Waals surface area contributed by atoms with Crippen LogP contribution in [-0.2, 0) is 9.53 Å². The van der Waals surface area contributed by atoms with Crippen molar-refractivity contribution in [3.05, 3.63) is 6.61 Å². The molecule has 0 amide bonds. The Hall–Kier alpha value is -0.410. The summed E-state index contributed by atoms with van der Waals surface area (Å²) in [7, 11) is 0. The van der Waals surface area contributed by atoms with Gasteiger partial charge in [0.25, 0.3) is 0 Å². The summed E-state index contributed by atoms with van der Waals surface area (Å²) in [5.74, 6) is -0.0237. The number of hydrogen-bond acceptors (Lipinski definition) is 3. The summed E-state index contributed by atoms with van der Waals surface area (Å²) in [5.41, 5.74) is 0. The fourth-order valence-corrected chi connectivity index (χ4v) is 0.613. The second-order valence-corrected chi connectivity index (χ2v) is 2.65. The van der Waals surface area contributed by atoms with E-state index in [0.717, 1.165) is 0 Å². The molecule has 0 aliphatic rings. The quantitative estimate of drug-likeness (QED) is 0.611. The van der Waals surface area contributed by atoms with Crippen LogP contribution >= 0.6 is 0 Å². The molecule has 0 spiro atoms. The van der Waals surface area contributed by atoms with Crippen molar-refractivity contribution in [3.8, 4) is 0 Å². The van der Waals surface area contributed by atoms with Crippen LogP contribution in [0.5, 0.6) is 0 Å². The number of ketones is 1. The van der Waals surface area contributed by atoms with E-state index < -0.39 is 6.29 Å². The third-order valence-corrected chi connectivity index (χ3v) is 1.31. The molecule has 0 saturated carbocycles. The van der Waals surface area contributed by atoms with Gasteiger partial charge in [-0.05, 0) is 6.92 Å². The maximum atomic E-state index is 11.0. The lowest BCUT2D eigenvalue weighted by Crippen LogP contribution is -2.18. The number of carbonyl (C=O) groups excluding carboxylic acids is 1. The van der Waals surface area contributed by atoms with E-state index >= 15 is 0 Å². The monoisotopic (exact) mass is 159 g/mol. The zero-order chi connectivity index (χ0) is 8.85. The number of aliphatic hydroxyl groups is 1. The predicted octanol–water partition coefficient (Wildman–Crippen LogP) is 1.12. The Morgan fingerprint density at radius 2 is 2.18 bits per heavy atom. The van der Waals surface area contributed by atoms with Gasteiger partial charge in [0.2, 0.25) is 0 Å². The van der Waals surface area contributed by atoms with Crippen molar-refractivity contribution >= 4 is 5.78 Å². The van der Waals surface area contributed by atoms with Crippen LogP contribution in [0.2, 0.25) is 0 Å². The number of Topliss-reactive ketones (excluding diaryl/α,β-unsaturated/α-hetero) is 1. The topological polar surface area (TPSA) is 46.5 Å². The van der Waals surface area contributed by atoms with Crippen molar-refractivity contribution in [2.75, 3.05) is 0 Å². The second-order valence-electron chi connectivity index (χ2n) is 2.65. The Bertz CT molecular complexity index is 121. The van der Waals surface area contributed by atoms with Crippen LogP contribution in [0.25, 0.3) is 0 Å². The lowest BCUT2D eigenvalue weighted by atomic mass is 10.1. The van der Waals surface area contributed by atoms with Gasteiger partial charge in [-0.25, -0.2) is 0 Å². The van der Waals surface area contributed by atoms with E-state index in [1.165, 1.54) is 6.61 Å². The summed E-state index contributed by atoms with van der Waals surface area (Å²) >= 11 is 0. The van der Waals surface area contributed by atoms with Gasteiger partial charge in [0.1, 0.15) is 5.78 Å². The number of rotatable bonds is 5. The molecule has 0 fully saturated rings. The normalized spacial score (nSPS) is 13.5. The first-order valence-electron chi connectivity index (χ1n) is 3.72. The van der Waals surface area contributed by atoms with Gasteiger partial charge in [-0.3, -0.25) is 4.79 Å². The van der Waals surface area contributed by atoms with Crippen molar-refractivity contribution in [2.24, 2.45) is 5.92 Å². The molecule has 1 unspecified atom stereocenters. The van der Waals surface area contributed by atoms with Crippen molar-refractivity contribution in [1.82, 2.24) is 0 Å². The zero-order valence-electron chi connectivity index (χ0n) is 7.20. The minimum atomic E-state index is -0.977. The lowest BCUT2D eigenvalue weighted by molar-refractivity contribution is -0.133. The average molecular weight is 159 g/mol. The number of ether oxygens (including phenoxy) is 1. The van der Waals surface area contributed by atoms with E-state index in [2.05, 4.69) is 4.74 Å². The molecule has 1 radical (unpaired) electrons. The number of hydrogen-bond donors (Lipinski definition) is 1. The average Bonchev–Trinajstić information content (AvgIpc) is 1.87. The van der Waals surface area contributed by atoms with Crippen molar-refractivity contribution in [1.29, 1.82) is 0 Å². The molecule has 0 aromatic heterocycles. The first-order valence-corrected chi connectivity index (χ1v) is 3.72. The summed E-state index contributed by atoms with van der Waals surface area (Å²) in [6.07, 6.45) is -0.906. The van der Waals surface area contributed by atoms with Crippen LogP contribution in [0.15, 0.2) is 0 Å². The van der Waals surface area contributed by atoms with E-state index in [9.17, 15) is 4.79 Å². The van der Waals surface area contributed by atoms with Gasteiger partial charge in [-0.2, -0.15) is 0 Å². The predicted molar refractivity (Wildman–Crippen MR) is 41.5 cm³/mol. The molecule has 1 N–H and O–H groups in total. The summed E-state index contributed by atoms with van der Waals surface area (Å²) in [6.45, 7) is 6.62. The molecule has 0 bridgehead atoms. The largest absolute Gasteiger partial charge is 0.368 e. The molecular formula is C8H15O3. The number of aliphatic hydroxyl groups excluding tert-OH is 1. The van der Waals surface area contributed by atoms with Crippen LogP contribution in [0.1, 0.15) is 27.2 Å². The van der Waals surface area contributed by atoms with Crippen LogP contribution < -0.4 is 0 Å². The highest BCUT2D eigenvalue weighted by atomic mass is 16.6. The molecular weight excluding hydrogens is 144 g/mol. The molecule has 0 aliphatic carbocycles. The molecule has 0 aromatic carbocycles. The van der Waals surface area contributed by atoms with E-state index in [4.69, 9.17) is 5.11 Å². The van der Waals surface area contributed by atoms with Gasteiger partial charge in [0, 0.05) is 5.92 Å². The fraction of sp³-hybridized carbons (Fsp3) is 0.750. The maximum Gasteiger partial charge on any atom is 0.161 e. The molecule has 1 atom stereocenters. The van der Waals surface area contributed by atoms with E-state index in [-0.39, 0.29) is 18.1 Å². The third-order valence-electron chi connectivity index (χ3n) is 1.31. The molecule has 65 valence electrons. The molecule has 0 rings (SSSR count). The summed E-state index contributed by atoms with van der Waals surface area (Å²) in [5, 5.41) is 8.99. The molecule has 0 aromatic rings. The van der Waals surface area contributed by atoms with Crippen LogP contribution in [0, 0.1) is 12.5 Å². The highest BCUT2D eigenvalue weighted by molar-refractivity contribution is 5.80. The Labute approximate surface area is 67.4 Å². The van der Waals surface area contributed by atoms with Gasteiger partial charge >= 0.3 is 0 Å². The second kappa shape index (κ2) is 5.27. The Kier molecular flexibility index (Phi) is 5.07. The zero-order valence-corrected chi connectivity index (χ0v) is 7.20. The first kappa shape index (κ1) is 10.6. The lowest BCUT2D eigenvalue weighted by Gasteiger charge is -2.10. The molecule has 3 nitrogen and oxygen atoms in total. The van der Waals surface area contributed by atoms with Crippen molar-refractivity contribution in [3.63, 3.8) is 0 Å². The fourth-order valence-electron chi connectivity index (χ4n) is 0.613. The smallest absolute Gasteiger partial charge is 0.161 e. The molecule has 0 aliphatic heterocycles. The number of carbonyl (C=O) groups is 1. The van der Waals surface area contributed by atoms with Crippen LogP contribution in [0.3, 0.4) is 0 Å². The summed E-state index contributed by atoms with van der Waals surface area (Å²) < 4.78 is 4.67. The molecule has 11 heavy (non-hydrogen) atoms. The van der Waals surface area contributed by atoms with Gasteiger partial charge < -0.3 is 9.84 Å². The third kappa shape index (κ3) is 4.93. The Morgan fingerprint density at radius 1 is 1.64 bits per heavy atom. The van der Waals surface area contributed by atoms with Gasteiger partial charge in [0.15, 0.2) is 6.29 Å². The summed E-state index contributed by atoms with van der Waals surface area (Å²) in [6, 6.07) is 0. The van der Waals surface area contributed by atoms with Crippen LogP contribution in [-0.4, -0.2) is 17.2 Å². The minimum absolute atomic E-state index is 0.0133.